The van der Waals surface area contributed by atoms with E-state index in [0.29, 0.717) is 11.3 Å². The zero-order valence-electron chi connectivity index (χ0n) is 14.3. The number of aliphatic imine (C=N–C) groups is 1. The molecule has 0 aliphatic carbocycles. The molecule has 132 valence electrons. The molecule has 0 aliphatic heterocycles. The maximum atomic E-state index is 12.6. The summed E-state index contributed by atoms with van der Waals surface area (Å²) in [5.41, 5.74) is 1.96. The van der Waals surface area contributed by atoms with Crippen molar-refractivity contribution in [2.24, 2.45) is 4.99 Å². The van der Waals surface area contributed by atoms with E-state index in [1.807, 2.05) is 54.7 Å². The first-order chi connectivity index (χ1) is 13.3. The molecule has 0 saturated heterocycles. The summed E-state index contributed by atoms with van der Waals surface area (Å²) in [5.74, 6) is -0.167. The fourth-order valence-electron chi connectivity index (χ4n) is 2.60. The first-order valence-corrected chi connectivity index (χ1v) is 10.1. The van der Waals surface area contributed by atoms with Gasteiger partial charge < -0.3 is 5.32 Å². The Hall–Kier alpha value is -3.02. The van der Waals surface area contributed by atoms with E-state index in [9.17, 15) is 4.79 Å². The minimum atomic E-state index is -0.167. The van der Waals surface area contributed by atoms with Crippen LogP contribution in [-0.2, 0) is 0 Å². The van der Waals surface area contributed by atoms with Gasteiger partial charge in [-0.15, -0.1) is 22.7 Å². The molecule has 0 fully saturated rings. The molecule has 0 spiro atoms. The average molecular weight is 389 g/mol. The van der Waals surface area contributed by atoms with Crippen LogP contribution in [0.3, 0.4) is 0 Å². The summed E-state index contributed by atoms with van der Waals surface area (Å²) in [6, 6.07) is 25.1. The molecule has 4 rings (SSSR count). The van der Waals surface area contributed by atoms with Gasteiger partial charge >= 0.3 is 0 Å². The lowest BCUT2D eigenvalue weighted by molar-refractivity contribution is 0.102. The summed E-state index contributed by atoms with van der Waals surface area (Å²) in [7, 11) is 0. The average Bonchev–Trinajstić information content (AvgIpc) is 3.39. The molecular formula is C22H16N2OS2. The number of carbonyl (C=O) groups is 1. The summed E-state index contributed by atoms with van der Waals surface area (Å²) in [6.07, 6.45) is 1.82. The first-order valence-electron chi connectivity index (χ1n) is 8.43. The molecule has 27 heavy (non-hydrogen) atoms. The molecule has 2 heterocycles. The second kappa shape index (κ2) is 8.12. The van der Waals surface area contributed by atoms with Crippen LogP contribution in [0, 0.1) is 0 Å². The van der Waals surface area contributed by atoms with Crippen molar-refractivity contribution < 1.29 is 4.79 Å². The molecule has 4 aromatic rings. The number of nitrogens with zero attached hydrogens (tertiary/aromatic N) is 1. The minimum absolute atomic E-state index is 0.167. The van der Waals surface area contributed by atoms with Crippen LogP contribution in [-0.4, -0.2) is 12.1 Å². The lowest BCUT2D eigenvalue weighted by Gasteiger charge is -2.07. The van der Waals surface area contributed by atoms with Gasteiger partial charge in [-0.3, -0.25) is 9.79 Å². The highest BCUT2D eigenvalue weighted by Gasteiger charge is 2.10. The van der Waals surface area contributed by atoms with Crippen molar-refractivity contribution in [3.05, 3.63) is 94.7 Å². The van der Waals surface area contributed by atoms with Crippen molar-refractivity contribution >= 4 is 46.2 Å². The third-order valence-electron chi connectivity index (χ3n) is 3.90. The smallest absolute Gasteiger partial charge is 0.257 e. The van der Waals surface area contributed by atoms with Crippen molar-refractivity contribution in [1.82, 2.24) is 0 Å². The maximum Gasteiger partial charge on any atom is 0.257 e. The number of hydrogen-bond acceptors (Lipinski definition) is 4. The number of carbonyl (C=O) groups excluding carboxylic acids is 1. The summed E-state index contributed by atoms with van der Waals surface area (Å²) in [5, 5.41) is 4.98. The van der Waals surface area contributed by atoms with Gasteiger partial charge in [0, 0.05) is 26.5 Å². The zero-order valence-corrected chi connectivity index (χ0v) is 16.0. The van der Waals surface area contributed by atoms with Crippen LogP contribution in [0.5, 0.6) is 0 Å². The number of rotatable bonds is 5. The Morgan fingerprint density at radius 2 is 1.67 bits per heavy atom. The largest absolute Gasteiger partial charge is 0.322 e. The van der Waals surface area contributed by atoms with Gasteiger partial charge in [-0.1, -0.05) is 36.4 Å². The standard InChI is InChI=1S/C22H16N2OS2/c25-22(24-16-7-2-1-3-8-16)18-9-4-5-10-19(18)23-15-17-12-13-21(27-17)20-11-6-14-26-20/h1-15H,(H,24,25). The van der Waals surface area contributed by atoms with Crippen molar-refractivity contribution in [2.45, 2.75) is 0 Å². The lowest BCUT2D eigenvalue weighted by atomic mass is 10.1. The Labute approximate surface area is 165 Å². The molecule has 2 aromatic heterocycles. The van der Waals surface area contributed by atoms with Crippen LogP contribution in [0.4, 0.5) is 11.4 Å². The Kier molecular flexibility index (Phi) is 5.23. The Balaban J connectivity index is 1.54. The van der Waals surface area contributed by atoms with E-state index in [4.69, 9.17) is 0 Å². The summed E-state index contributed by atoms with van der Waals surface area (Å²) in [6.45, 7) is 0. The second-order valence-corrected chi connectivity index (χ2v) is 7.84. The summed E-state index contributed by atoms with van der Waals surface area (Å²) < 4.78 is 0. The predicted molar refractivity (Wildman–Crippen MR) is 116 cm³/mol. The van der Waals surface area contributed by atoms with Crippen LogP contribution in [0.15, 0.2) is 89.2 Å². The molecule has 0 aliphatic rings. The number of benzene rings is 2. The van der Waals surface area contributed by atoms with E-state index in [0.717, 1.165) is 10.6 Å². The maximum absolute atomic E-state index is 12.6. The zero-order chi connectivity index (χ0) is 18.5. The lowest BCUT2D eigenvalue weighted by Crippen LogP contribution is -2.11. The van der Waals surface area contributed by atoms with E-state index in [1.54, 1.807) is 28.7 Å². The molecule has 2 aromatic carbocycles. The normalized spacial score (nSPS) is 11.0. The Bertz CT molecular complexity index is 1070. The SMILES string of the molecule is O=C(Nc1ccccc1)c1ccccc1N=Cc1ccc(-c2cccs2)s1. The minimum Gasteiger partial charge on any atom is -0.322 e. The predicted octanol–water partition coefficient (Wildman–Crippen LogP) is 6.48. The number of hydrogen-bond donors (Lipinski definition) is 1. The first kappa shape index (κ1) is 17.4. The fourth-order valence-corrected chi connectivity index (χ4v) is 4.32. The van der Waals surface area contributed by atoms with Crippen molar-refractivity contribution in [1.29, 1.82) is 0 Å². The Morgan fingerprint density at radius 1 is 0.852 bits per heavy atom. The van der Waals surface area contributed by atoms with Crippen LogP contribution in [0.25, 0.3) is 9.75 Å². The molecule has 0 atom stereocenters. The molecule has 0 saturated carbocycles. The van der Waals surface area contributed by atoms with Crippen LogP contribution < -0.4 is 5.32 Å². The van der Waals surface area contributed by atoms with Crippen molar-refractivity contribution in [3.8, 4) is 9.75 Å². The van der Waals surface area contributed by atoms with Crippen LogP contribution in [0.2, 0.25) is 0 Å². The number of nitrogens with one attached hydrogen (secondary N) is 1. The van der Waals surface area contributed by atoms with Gasteiger partial charge in [0.15, 0.2) is 0 Å². The number of amides is 1. The quantitative estimate of drug-likeness (QED) is 0.391. The highest BCUT2D eigenvalue weighted by atomic mass is 32.1. The fraction of sp³-hybridized carbons (Fsp3) is 0. The number of para-hydroxylation sites is 2. The summed E-state index contributed by atoms with van der Waals surface area (Å²) >= 11 is 3.41. The number of anilines is 1. The van der Waals surface area contributed by atoms with E-state index in [-0.39, 0.29) is 5.91 Å². The van der Waals surface area contributed by atoms with Gasteiger partial charge in [0.25, 0.3) is 5.91 Å². The van der Waals surface area contributed by atoms with Crippen LogP contribution >= 0.6 is 22.7 Å². The highest BCUT2D eigenvalue weighted by molar-refractivity contribution is 7.22. The molecular weight excluding hydrogens is 372 g/mol. The van der Waals surface area contributed by atoms with Crippen molar-refractivity contribution in [2.75, 3.05) is 5.32 Å². The third-order valence-corrected chi connectivity index (χ3v) is 5.99. The van der Waals surface area contributed by atoms with Gasteiger partial charge in [-0.2, -0.15) is 0 Å². The molecule has 1 N–H and O–H groups in total. The van der Waals surface area contributed by atoms with Crippen LogP contribution in [0.1, 0.15) is 15.2 Å². The third kappa shape index (κ3) is 4.22. The molecule has 0 unspecified atom stereocenters. The molecule has 5 heteroatoms. The van der Waals surface area contributed by atoms with E-state index >= 15 is 0 Å². The number of thiophene rings is 2. The van der Waals surface area contributed by atoms with E-state index in [2.05, 4.69) is 40.0 Å². The molecule has 0 bridgehead atoms. The topological polar surface area (TPSA) is 41.5 Å². The van der Waals surface area contributed by atoms with Crippen molar-refractivity contribution in [3.63, 3.8) is 0 Å². The van der Waals surface area contributed by atoms with Gasteiger partial charge in [-0.25, -0.2) is 0 Å². The van der Waals surface area contributed by atoms with Gasteiger partial charge in [0.2, 0.25) is 0 Å². The Morgan fingerprint density at radius 3 is 2.48 bits per heavy atom. The van der Waals surface area contributed by atoms with E-state index in [1.165, 1.54) is 9.75 Å². The monoisotopic (exact) mass is 388 g/mol. The van der Waals surface area contributed by atoms with Gasteiger partial charge in [0.05, 0.1) is 11.3 Å². The van der Waals surface area contributed by atoms with Gasteiger partial charge in [0.1, 0.15) is 0 Å². The summed E-state index contributed by atoms with van der Waals surface area (Å²) in [4.78, 5) is 20.7. The molecule has 3 nitrogen and oxygen atoms in total. The second-order valence-electron chi connectivity index (χ2n) is 5.77. The molecule has 1 amide bonds. The van der Waals surface area contributed by atoms with Gasteiger partial charge in [-0.05, 0) is 47.8 Å². The highest BCUT2D eigenvalue weighted by Crippen LogP contribution is 2.31. The molecule has 0 radical (unpaired) electrons. The van der Waals surface area contributed by atoms with E-state index < -0.39 is 0 Å².